The fourth-order valence-corrected chi connectivity index (χ4v) is 4.30. The van der Waals surface area contributed by atoms with Crippen LogP contribution in [0.1, 0.15) is 6.92 Å². The highest BCUT2D eigenvalue weighted by Crippen LogP contribution is 2.35. The van der Waals surface area contributed by atoms with Crippen LogP contribution in [-0.4, -0.2) is 53.3 Å². The molecule has 2 aromatic heterocycles. The lowest BCUT2D eigenvalue weighted by molar-refractivity contribution is -0.274. The molecule has 0 radical (unpaired) electrons. The summed E-state index contributed by atoms with van der Waals surface area (Å²) in [6.45, 7) is 1.81. The van der Waals surface area contributed by atoms with E-state index in [2.05, 4.69) is 25.3 Å². The molecule has 10 nitrogen and oxygen atoms in total. The number of nitrogens with zero attached hydrogens (tertiary/aromatic N) is 3. The topological polar surface area (TPSA) is 124 Å². The maximum Gasteiger partial charge on any atom is 0.573 e. The minimum atomic E-state index is -4.83. The molecule has 2 heterocycles. The molecular formula is C25H23ClF3N5O5S. The Morgan fingerprint density at radius 3 is 2.58 bits per heavy atom. The summed E-state index contributed by atoms with van der Waals surface area (Å²) in [6.07, 6.45) is -0.695. The van der Waals surface area contributed by atoms with Crippen molar-refractivity contribution in [3.05, 3.63) is 66.1 Å². The van der Waals surface area contributed by atoms with Gasteiger partial charge >= 0.3 is 6.36 Å². The molecule has 212 valence electrons. The van der Waals surface area contributed by atoms with E-state index in [-0.39, 0.29) is 23.1 Å². The summed E-state index contributed by atoms with van der Waals surface area (Å²) in [5.41, 5.74) is 1.79. The number of carbonyl (C=O) groups excluding carboxylic acids is 1. The number of carbonyl (C=O) groups is 1. The van der Waals surface area contributed by atoms with Crippen molar-refractivity contribution in [2.45, 2.75) is 25.1 Å². The third-order valence-corrected chi connectivity index (χ3v) is 7.47. The standard InChI is InChI=1S/C25H23ClF3N5O5S/c1-15(40(2,36)37)24(35)30-9-11-34-10-8-20-22(34)23(32-14-31-20)33-16-6-7-21(19(26)12-16)38-17-4-3-5-18(13-17)39-25(27,28)29/h3-8,10,12-15H,9,11H2,1-2H3,(H,30,35)(H,31,32,33). The number of anilines is 2. The number of rotatable bonds is 10. The third kappa shape index (κ3) is 7.33. The average Bonchev–Trinajstić information content (AvgIpc) is 3.28. The zero-order valence-corrected chi connectivity index (χ0v) is 22.6. The smallest absolute Gasteiger partial charge is 0.456 e. The quantitative estimate of drug-likeness (QED) is 0.260. The Labute approximate surface area is 232 Å². The SMILES string of the molecule is CC(C(=O)NCCn1ccc2ncnc(Nc3ccc(Oc4cccc(OC(F)(F)F)c4)c(Cl)c3)c21)S(C)(=O)=O. The molecule has 0 aliphatic heterocycles. The second kappa shape index (κ2) is 11.6. The molecule has 0 spiro atoms. The van der Waals surface area contributed by atoms with Gasteiger partial charge in [-0.3, -0.25) is 4.79 Å². The predicted octanol–water partition coefficient (Wildman–Crippen LogP) is 5.07. The highest BCUT2D eigenvalue weighted by Gasteiger charge is 2.31. The number of ether oxygens (including phenoxy) is 2. The summed E-state index contributed by atoms with van der Waals surface area (Å²) < 4.78 is 72.1. The minimum Gasteiger partial charge on any atom is -0.456 e. The van der Waals surface area contributed by atoms with Crippen LogP contribution >= 0.6 is 11.6 Å². The van der Waals surface area contributed by atoms with Gasteiger partial charge in [0.1, 0.15) is 34.3 Å². The molecule has 0 saturated heterocycles. The van der Waals surface area contributed by atoms with E-state index in [9.17, 15) is 26.4 Å². The van der Waals surface area contributed by atoms with Crippen LogP contribution < -0.4 is 20.1 Å². The van der Waals surface area contributed by atoms with E-state index in [0.717, 1.165) is 18.4 Å². The molecule has 0 fully saturated rings. The maximum atomic E-state index is 12.5. The summed E-state index contributed by atoms with van der Waals surface area (Å²) in [7, 11) is -3.51. The van der Waals surface area contributed by atoms with E-state index in [4.69, 9.17) is 16.3 Å². The number of nitrogens with one attached hydrogen (secondary N) is 2. The number of amides is 1. The summed E-state index contributed by atoms with van der Waals surface area (Å²) >= 11 is 6.38. The fourth-order valence-electron chi connectivity index (χ4n) is 3.61. The van der Waals surface area contributed by atoms with E-state index in [1.165, 1.54) is 31.5 Å². The van der Waals surface area contributed by atoms with Crippen LogP contribution in [0.2, 0.25) is 5.02 Å². The maximum absolute atomic E-state index is 12.5. The second-order valence-electron chi connectivity index (χ2n) is 8.62. The van der Waals surface area contributed by atoms with Crippen molar-refractivity contribution in [1.29, 1.82) is 0 Å². The van der Waals surface area contributed by atoms with Crippen molar-refractivity contribution >= 4 is 49.9 Å². The highest BCUT2D eigenvalue weighted by molar-refractivity contribution is 7.92. The summed E-state index contributed by atoms with van der Waals surface area (Å²) in [4.78, 5) is 20.7. The highest BCUT2D eigenvalue weighted by atomic mass is 35.5. The summed E-state index contributed by atoms with van der Waals surface area (Å²) in [5, 5.41) is 4.78. The van der Waals surface area contributed by atoms with Gasteiger partial charge in [-0.15, -0.1) is 13.2 Å². The largest absolute Gasteiger partial charge is 0.573 e. The Morgan fingerprint density at radius 1 is 1.12 bits per heavy atom. The normalized spacial score (nSPS) is 12.7. The van der Waals surface area contributed by atoms with Crippen LogP contribution in [0, 0.1) is 0 Å². The molecule has 4 aromatic rings. The van der Waals surface area contributed by atoms with Gasteiger partial charge in [0.15, 0.2) is 15.7 Å². The number of sulfone groups is 1. The Hall–Kier alpha value is -4.04. The lowest BCUT2D eigenvalue weighted by Crippen LogP contribution is -2.38. The molecule has 0 bridgehead atoms. The number of hydrogen-bond acceptors (Lipinski definition) is 8. The lowest BCUT2D eigenvalue weighted by Gasteiger charge is -2.14. The van der Waals surface area contributed by atoms with Gasteiger partial charge in [-0.2, -0.15) is 0 Å². The first kappa shape index (κ1) is 29.0. The van der Waals surface area contributed by atoms with Crippen molar-refractivity contribution in [1.82, 2.24) is 19.9 Å². The Morgan fingerprint density at radius 2 is 1.88 bits per heavy atom. The van der Waals surface area contributed by atoms with Crippen LogP contribution in [0.15, 0.2) is 61.1 Å². The van der Waals surface area contributed by atoms with Crippen LogP contribution in [0.5, 0.6) is 17.2 Å². The van der Waals surface area contributed by atoms with Crippen molar-refractivity contribution in [3.8, 4) is 17.2 Å². The number of benzene rings is 2. The molecule has 0 saturated carbocycles. The molecule has 2 N–H and O–H groups in total. The van der Waals surface area contributed by atoms with Gasteiger partial charge in [0.05, 0.1) is 10.5 Å². The molecule has 15 heteroatoms. The van der Waals surface area contributed by atoms with Crippen molar-refractivity contribution in [2.75, 3.05) is 18.1 Å². The van der Waals surface area contributed by atoms with Gasteiger partial charge in [0.2, 0.25) is 5.91 Å². The van der Waals surface area contributed by atoms with Gasteiger partial charge in [-0.05, 0) is 43.3 Å². The average molecular weight is 598 g/mol. The number of halogens is 4. The van der Waals surface area contributed by atoms with Crippen molar-refractivity contribution < 1.29 is 35.9 Å². The molecule has 1 unspecified atom stereocenters. The number of hydrogen-bond donors (Lipinski definition) is 2. The minimum absolute atomic E-state index is 0.0951. The van der Waals surface area contributed by atoms with Gasteiger partial charge < -0.3 is 24.7 Å². The van der Waals surface area contributed by atoms with Crippen LogP contribution in [-0.2, 0) is 21.2 Å². The van der Waals surface area contributed by atoms with Gasteiger partial charge in [-0.1, -0.05) is 17.7 Å². The summed E-state index contributed by atoms with van der Waals surface area (Å²) in [5.74, 6) is -0.290. The van der Waals surface area contributed by atoms with E-state index >= 15 is 0 Å². The zero-order chi connectivity index (χ0) is 29.1. The second-order valence-corrected chi connectivity index (χ2v) is 11.4. The first-order chi connectivity index (χ1) is 18.8. The predicted molar refractivity (Wildman–Crippen MR) is 143 cm³/mol. The first-order valence-corrected chi connectivity index (χ1v) is 14.0. The van der Waals surface area contributed by atoms with Crippen LogP contribution in [0.4, 0.5) is 24.7 Å². The first-order valence-electron chi connectivity index (χ1n) is 11.7. The molecular weight excluding hydrogens is 575 g/mol. The monoisotopic (exact) mass is 597 g/mol. The molecule has 0 aliphatic carbocycles. The Balaban J connectivity index is 1.47. The lowest BCUT2D eigenvalue weighted by atomic mass is 10.2. The molecule has 1 atom stereocenters. The Kier molecular flexibility index (Phi) is 8.40. The van der Waals surface area contributed by atoms with Crippen molar-refractivity contribution in [2.24, 2.45) is 0 Å². The van der Waals surface area contributed by atoms with Gasteiger partial charge in [0, 0.05) is 37.3 Å². The third-order valence-electron chi connectivity index (χ3n) is 5.68. The van der Waals surface area contributed by atoms with Crippen molar-refractivity contribution in [3.63, 3.8) is 0 Å². The van der Waals surface area contributed by atoms with E-state index in [0.29, 0.717) is 29.1 Å². The number of aromatic nitrogens is 3. The van der Waals surface area contributed by atoms with Gasteiger partial charge in [0.25, 0.3) is 0 Å². The van der Waals surface area contributed by atoms with E-state index in [1.807, 2.05) is 0 Å². The molecule has 2 aromatic carbocycles. The van der Waals surface area contributed by atoms with Crippen LogP contribution in [0.25, 0.3) is 11.0 Å². The van der Waals surface area contributed by atoms with E-state index in [1.54, 1.807) is 29.0 Å². The molecule has 1 amide bonds. The Bertz CT molecular complexity index is 1650. The summed E-state index contributed by atoms with van der Waals surface area (Å²) in [6, 6.07) is 11.6. The molecule has 4 rings (SSSR count). The number of alkyl halides is 3. The van der Waals surface area contributed by atoms with Crippen LogP contribution in [0.3, 0.4) is 0 Å². The number of fused-ring (bicyclic) bond motifs is 1. The molecule has 0 aliphatic rings. The van der Waals surface area contributed by atoms with Gasteiger partial charge in [-0.25, -0.2) is 18.4 Å². The zero-order valence-electron chi connectivity index (χ0n) is 21.1. The molecule has 40 heavy (non-hydrogen) atoms. The fraction of sp³-hybridized carbons (Fsp3) is 0.240. The van der Waals surface area contributed by atoms with E-state index < -0.39 is 33.1 Å².